The number of amides is 1. The van der Waals surface area contributed by atoms with Crippen LogP contribution < -0.4 is 11.1 Å². The van der Waals surface area contributed by atoms with Crippen LogP contribution >= 0.6 is 0 Å². The summed E-state index contributed by atoms with van der Waals surface area (Å²) in [6.45, 7) is 19.0. The highest BCUT2D eigenvalue weighted by Crippen LogP contribution is 2.24. The van der Waals surface area contributed by atoms with Crippen LogP contribution in [0.15, 0.2) is 70.6 Å². The Morgan fingerprint density at radius 3 is 2.13 bits per heavy atom. The van der Waals surface area contributed by atoms with E-state index >= 15 is 0 Å². The molecule has 0 saturated carbocycles. The quantitative estimate of drug-likeness (QED) is 0.242. The molecule has 0 fully saturated rings. The van der Waals surface area contributed by atoms with Crippen molar-refractivity contribution in [1.82, 2.24) is 10.2 Å². The van der Waals surface area contributed by atoms with Crippen molar-refractivity contribution in [2.75, 3.05) is 27.2 Å². The van der Waals surface area contributed by atoms with Gasteiger partial charge in [0.05, 0.1) is 12.2 Å². The number of rotatable bonds is 8. The predicted molar refractivity (Wildman–Crippen MR) is 164 cm³/mol. The molecule has 1 aromatic heterocycles. The number of nitrogens with one attached hydrogen (secondary N) is 1. The van der Waals surface area contributed by atoms with Crippen LogP contribution in [0.5, 0.6) is 0 Å². The largest absolute Gasteiger partial charge is 0.453 e. The molecule has 1 amide bonds. The summed E-state index contributed by atoms with van der Waals surface area (Å²) < 4.78 is 5.15. The number of furan rings is 1. The molecule has 0 unspecified atom stereocenters. The third kappa shape index (κ3) is 15.4. The summed E-state index contributed by atoms with van der Waals surface area (Å²) in [6.07, 6.45) is 1.96. The molecular formula is C31H48N4O3. The van der Waals surface area contributed by atoms with E-state index in [9.17, 15) is 9.59 Å². The van der Waals surface area contributed by atoms with Crippen molar-refractivity contribution < 1.29 is 14.0 Å². The third-order valence-corrected chi connectivity index (χ3v) is 4.12. The third-order valence-electron chi connectivity index (χ3n) is 4.12. The molecule has 0 aliphatic rings. The lowest BCUT2D eigenvalue weighted by Gasteiger charge is -2.13. The molecular weight excluding hydrogens is 476 g/mol. The highest BCUT2D eigenvalue weighted by Gasteiger charge is 2.06. The Kier molecular flexibility index (Phi) is 21.6. The molecule has 3 N–H and O–H groups in total. The Labute approximate surface area is 229 Å². The number of nitrogens with zero attached hydrogens (tertiary/aromatic N) is 2. The van der Waals surface area contributed by atoms with Crippen molar-refractivity contribution >= 4 is 40.3 Å². The second kappa shape index (κ2) is 22.5. The van der Waals surface area contributed by atoms with Crippen LogP contribution in [0.1, 0.15) is 71.0 Å². The summed E-state index contributed by atoms with van der Waals surface area (Å²) in [5, 5.41) is 3.87. The van der Waals surface area contributed by atoms with Gasteiger partial charge in [-0.25, -0.2) is 0 Å². The number of aliphatic imine (C=N–C) groups is 1. The first-order chi connectivity index (χ1) is 18.2. The second-order valence-electron chi connectivity index (χ2n) is 7.91. The van der Waals surface area contributed by atoms with Gasteiger partial charge in [-0.3, -0.25) is 14.6 Å². The van der Waals surface area contributed by atoms with Gasteiger partial charge < -0.3 is 20.4 Å². The number of carbonyl (C=O) groups is 2. The lowest BCUT2D eigenvalue weighted by Crippen LogP contribution is -2.27. The molecule has 0 spiro atoms. The van der Waals surface area contributed by atoms with E-state index in [0.29, 0.717) is 17.7 Å². The number of carbonyl (C=O) groups excluding carboxylic acids is 2. The van der Waals surface area contributed by atoms with Crippen LogP contribution in [0.2, 0.25) is 0 Å². The summed E-state index contributed by atoms with van der Waals surface area (Å²) in [5.41, 5.74) is 9.22. The van der Waals surface area contributed by atoms with Gasteiger partial charge in [-0.05, 0) is 39.2 Å². The van der Waals surface area contributed by atoms with E-state index in [-0.39, 0.29) is 6.54 Å². The van der Waals surface area contributed by atoms with Gasteiger partial charge in [-0.1, -0.05) is 90.9 Å². The van der Waals surface area contributed by atoms with Crippen molar-refractivity contribution in [2.45, 2.75) is 54.9 Å². The van der Waals surface area contributed by atoms with Crippen LogP contribution in [0.4, 0.5) is 5.69 Å². The lowest BCUT2D eigenvalue weighted by molar-refractivity contribution is -0.117. The Balaban J connectivity index is 0. The van der Waals surface area contributed by atoms with Gasteiger partial charge >= 0.3 is 0 Å². The Morgan fingerprint density at radius 1 is 1.05 bits per heavy atom. The minimum Gasteiger partial charge on any atom is -0.453 e. The zero-order valence-electron chi connectivity index (χ0n) is 24.8. The minimum atomic E-state index is -0.420. The van der Waals surface area contributed by atoms with Gasteiger partial charge in [-0.2, -0.15) is 0 Å². The molecule has 1 heterocycles. The number of para-hydroxylation sites is 2. The van der Waals surface area contributed by atoms with E-state index in [2.05, 4.69) is 35.6 Å². The molecule has 7 heteroatoms. The fraction of sp³-hybridized carbons (Fsp3) is 0.387. The lowest BCUT2D eigenvalue weighted by atomic mass is 10.1. The van der Waals surface area contributed by atoms with Crippen molar-refractivity contribution in [1.29, 1.82) is 0 Å². The van der Waals surface area contributed by atoms with E-state index in [1.807, 2.05) is 97.2 Å². The molecule has 210 valence electrons. The molecule has 0 bridgehead atoms. The maximum Gasteiger partial charge on any atom is 0.236 e. The van der Waals surface area contributed by atoms with Crippen LogP contribution in [-0.2, 0) is 4.79 Å². The fourth-order valence-corrected chi connectivity index (χ4v) is 2.87. The first kappa shape index (κ1) is 36.4. The van der Waals surface area contributed by atoms with Gasteiger partial charge in [0, 0.05) is 28.9 Å². The summed E-state index contributed by atoms with van der Waals surface area (Å²) >= 11 is 0. The highest BCUT2D eigenvalue weighted by molar-refractivity contribution is 5.88. The number of hydrogen-bond donors (Lipinski definition) is 2. The molecule has 7 nitrogen and oxygen atoms in total. The SMILES string of the molecule is C=C(NCC(N)=O)c1ccccc1N=C(C)CN(C)C.CC.CC.CCC.O=Cc1cc2ccccc2o1. The van der Waals surface area contributed by atoms with Gasteiger partial charge in [0.2, 0.25) is 5.91 Å². The number of aldehydes is 1. The van der Waals surface area contributed by atoms with Crippen LogP contribution in [0.3, 0.4) is 0 Å². The van der Waals surface area contributed by atoms with E-state index in [4.69, 9.17) is 10.2 Å². The van der Waals surface area contributed by atoms with E-state index < -0.39 is 5.91 Å². The Morgan fingerprint density at radius 2 is 1.61 bits per heavy atom. The maximum atomic E-state index is 10.8. The molecule has 0 aliphatic heterocycles. The first-order valence-corrected chi connectivity index (χ1v) is 13.1. The van der Waals surface area contributed by atoms with E-state index in [1.165, 1.54) is 6.42 Å². The Bertz CT molecular complexity index is 1070. The van der Waals surface area contributed by atoms with Crippen LogP contribution in [0, 0.1) is 0 Å². The summed E-state index contributed by atoms with van der Waals surface area (Å²) in [6, 6.07) is 16.9. The van der Waals surface area contributed by atoms with E-state index in [1.54, 1.807) is 6.07 Å². The number of primary amides is 1. The monoisotopic (exact) mass is 524 g/mol. The van der Waals surface area contributed by atoms with Gasteiger partial charge in [0.25, 0.3) is 0 Å². The number of hydrogen-bond acceptors (Lipinski definition) is 6. The number of benzene rings is 2. The first-order valence-electron chi connectivity index (χ1n) is 13.1. The molecule has 0 saturated heterocycles. The summed E-state index contributed by atoms with van der Waals surface area (Å²) in [7, 11) is 4.00. The van der Waals surface area contributed by atoms with Gasteiger partial charge in [-0.15, -0.1) is 0 Å². The zero-order valence-corrected chi connectivity index (χ0v) is 24.8. The molecule has 2 aromatic carbocycles. The normalized spacial score (nSPS) is 9.79. The summed E-state index contributed by atoms with van der Waals surface area (Å²) in [5.74, 6) is -0.0397. The average Bonchev–Trinajstić information content (AvgIpc) is 3.34. The second-order valence-corrected chi connectivity index (χ2v) is 7.91. The van der Waals surface area contributed by atoms with Gasteiger partial charge in [0.15, 0.2) is 12.0 Å². The number of nitrogens with two attached hydrogens (primary N) is 1. The molecule has 0 atom stereocenters. The molecule has 3 rings (SSSR count). The van der Waals surface area contributed by atoms with Crippen LogP contribution in [0.25, 0.3) is 16.7 Å². The Hall–Kier alpha value is -3.71. The molecule has 38 heavy (non-hydrogen) atoms. The molecule has 0 radical (unpaired) electrons. The number of fused-ring (bicyclic) bond motifs is 1. The van der Waals surface area contributed by atoms with Crippen molar-refractivity contribution in [3.63, 3.8) is 0 Å². The van der Waals surface area contributed by atoms with Crippen LogP contribution in [-0.4, -0.2) is 50.0 Å². The predicted octanol–water partition coefficient (Wildman–Crippen LogP) is 7.10. The topological polar surface area (TPSA) is 101 Å². The standard InChI is InChI=1S/C15H22N4O.C9H6O2.C3H8.2C2H6/c1-11(10-19(3)4)18-14-8-6-5-7-13(14)12(2)17-9-15(16)20;10-6-8-5-7-3-1-2-4-9(7)11-8;1-3-2;2*1-2/h5-8,17H,2,9-10H2,1,3-4H3,(H2,16,20);1-6H;3H2,1-2H3;2*1-2H3. The van der Waals surface area contributed by atoms with Crippen molar-refractivity contribution in [3.8, 4) is 0 Å². The van der Waals surface area contributed by atoms with Crippen molar-refractivity contribution in [2.24, 2.45) is 10.7 Å². The highest BCUT2D eigenvalue weighted by atomic mass is 16.3. The van der Waals surface area contributed by atoms with E-state index in [0.717, 1.165) is 34.5 Å². The fourth-order valence-electron chi connectivity index (χ4n) is 2.87. The molecule has 0 aliphatic carbocycles. The van der Waals surface area contributed by atoms with Gasteiger partial charge in [0.1, 0.15) is 5.58 Å². The molecule has 3 aromatic rings. The maximum absolute atomic E-state index is 10.8. The minimum absolute atomic E-state index is 0.0631. The summed E-state index contributed by atoms with van der Waals surface area (Å²) in [4.78, 5) is 27.7. The smallest absolute Gasteiger partial charge is 0.236 e. The zero-order chi connectivity index (χ0) is 29.5. The van der Waals surface area contributed by atoms with Crippen molar-refractivity contribution in [3.05, 3.63) is 72.5 Å². The average molecular weight is 525 g/mol.